The molecule has 0 saturated heterocycles. The molecule has 0 atom stereocenters. The van der Waals surface area contributed by atoms with Gasteiger partial charge in [0.1, 0.15) is 5.76 Å². The van der Waals surface area contributed by atoms with Gasteiger partial charge in [-0.25, -0.2) is 0 Å². The third-order valence-electron chi connectivity index (χ3n) is 2.84. The van der Waals surface area contributed by atoms with E-state index in [2.05, 4.69) is 20.8 Å². The molecule has 0 amide bonds. The zero-order chi connectivity index (χ0) is 13.3. The molecule has 3 heteroatoms. The minimum absolute atomic E-state index is 0.0549. The Bertz CT molecular complexity index is 576. The van der Waals surface area contributed by atoms with Crippen LogP contribution in [0, 0.1) is 0 Å². The number of benzene rings is 1. The van der Waals surface area contributed by atoms with Crippen LogP contribution in [0.1, 0.15) is 36.9 Å². The molecule has 0 aliphatic rings. The van der Waals surface area contributed by atoms with E-state index in [-0.39, 0.29) is 5.41 Å². The number of aldehydes is 1. The second kappa shape index (κ2) is 4.62. The molecule has 0 spiro atoms. The zero-order valence-corrected chi connectivity index (χ0v) is 11.4. The van der Waals surface area contributed by atoms with Gasteiger partial charge < -0.3 is 4.42 Å². The highest BCUT2D eigenvalue weighted by molar-refractivity contribution is 6.33. The van der Waals surface area contributed by atoms with Crippen molar-refractivity contribution in [2.45, 2.75) is 26.2 Å². The van der Waals surface area contributed by atoms with Gasteiger partial charge in [-0.3, -0.25) is 4.79 Å². The van der Waals surface area contributed by atoms with Gasteiger partial charge in [0.05, 0.1) is 5.02 Å². The number of carbonyl (C=O) groups excluding carboxylic acids is 1. The summed E-state index contributed by atoms with van der Waals surface area (Å²) in [5.41, 5.74) is 2.02. The highest BCUT2D eigenvalue weighted by atomic mass is 35.5. The Morgan fingerprint density at radius 3 is 2.39 bits per heavy atom. The molecule has 2 nitrogen and oxygen atoms in total. The Morgan fingerprint density at radius 2 is 1.89 bits per heavy atom. The van der Waals surface area contributed by atoms with Crippen molar-refractivity contribution in [2.75, 3.05) is 0 Å². The van der Waals surface area contributed by atoms with Gasteiger partial charge in [-0.2, -0.15) is 0 Å². The molecule has 0 N–H and O–H groups in total. The van der Waals surface area contributed by atoms with Gasteiger partial charge in [0.15, 0.2) is 12.0 Å². The number of carbonyl (C=O) groups is 1. The van der Waals surface area contributed by atoms with Crippen molar-refractivity contribution in [3.63, 3.8) is 0 Å². The molecule has 0 bridgehead atoms. The summed E-state index contributed by atoms with van der Waals surface area (Å²) in [4.78, 5) is 10.6. The molecule has 0 unspecified atom stereocenters. The van der Waals surface area contributed by atoms with Crippen molar-refractivity contribution >= 4 is 17.9 Å². The average molecular weight is 263 g/mol. The van der Waals surface area contributed by atoms with Crippen LogP contribution in [-0.2, 0) is 5.41 Å². The summed E-state index contributed by atoms with van der Waals surface area (Å²) in [7, 11) is 0. The fourth-order valence-electron chi connectivity index (χ4n) is 1.74. The molecule has 2 rings (SSSR count). The number of furan rings is 1. The average Bonchev–Trinajstić information content (AvgIpc) is 2.76. The summed E-state index contributed by atoms with van der Waals surface area (Å²) in [6.07, 6.45) is 0.681. The quantitative estimate of drug-likeness (QED) is 0.734. The van der Waals surface area contributed by atoms with E-state index in [4.69, 9.17) is 16.0 Å². The third kappa shape index (κ3) is 2.49. The Kier molecular flexibility index (Phi) is 3.31. The van der Waals surface area contributed by atoms with Gasteiger partial charge in [0.2, 0.25) is 0 Å². The molecular weight excluding hydrogens is 248 g/mol. The number of halogens is 1. The highest BCUT2D eigenvalue weighted by Gasteiger charge is 2.16. The van der Waals surface area contributed by atoms with Crippen molar-refractivity contribution < 1.29 is 9.21 Å². The van der Waals surface area contributed by atoms with Gasteiger partial charge in [0.25, 0.3) is 0 Å². The first-order valence-electron chi connectivity index (χ1n) is 5.77. The lowest BCUT2D eigenvalue weighted by Crippen LogP contribution is -2.10. The molecule has 18 heavy (non-hydrogen) atoms. The molecule has 0 radical (unpaired) electrons. The largest absolute Gasteiger partial charge is 0.453 e. The van der Waals surface area contributed by atoms with Crippen LogP contribution in [0.25, 0.3) is 11.3 Å². The maximum Gasteiger partial charge on any atom is 0.185 e. The van der Waals surface area contributed by atoms with E-state index in [0.29, 0.717) is 22.8 Å². The van der Waals surface area contributed by atoms with Crippen LogP contribution in [0.5, 0.6) is 0 Å². The van der Waals surface area contributed by atoms with E-state index in [1.807, 2.05) is 18.2 Å². The van der Waals surface area contributed by atoms with Crippen LogP contribution in [0.2, 0.25) is 5.02 Å². The lowest BCUT2D eigenvalue weighted by molar-refractivity contribution is 0.110. The second-order valence-electron chi connectivity index (χ2n) is 5.26. The standard InChI is InChI=1S/C15H15ClO2/c1-15(2,3)10-4-6-12(13(16)8-10)14-7-5-11(9-17)18-14/h4-9H,1-3H3. The summed E-state index contributed by atoms with van der Waals surface area (Å²) >= 11 is 6.27. The van der Waals surface area contributed by atoms with Crippen molar-refractivity contribution in [1.29, 1.82) is 0 Å². The minimum atomic E-state index is 0.0549. The molecule has 0 fully saturated rings. The molecule has 0 saturated carbocycles. The van der Waals surface area contributed by atoms with E-state index in [1.165, 1.54) is 5.56 Å². The van der Waals surface area contributed by atoms with E-state index in [9.17, 15) is 4.79 Å². The Hall–Kier alpha value is -1.54. The Morgan fingerprint density at radius 1 is 1.17 bits per heavy atom. The van der Waals surface area contributed by atoms with E-state index >= 15 is 0 Å². The maximum atomic E-state index is 10.6. The topological polar surface area (TPSA) is 30.2 Å². The molecular formula is C15H15ClO2. The smallest absolute Gasteiger partial charge is 0.185 e. The van der Waals surface area contributed by atoms with Crippen LogP contribution < -0.4 is 0 Å². The predicted octanol–water partition coefficient (Wildman–Crippen LogP) is 4.71. The van der Waals surface area contributed by atoms with Crippen molar-refractivity contribution in [3.05, 3.63) is 46.7 Å². The van der Waals surface area contributed by atoms with Crippen LogP contribution >= 0.6 is 11.6 Å². The number of hydrogen-bond donors (Lipinski definition) is 0. The molecule has 1 aromatic heterocycles. The van der Waals surface area contributed by atoms with Gasteiger partial charge in [-0.05, 0) is 35.2 Å². The number of hydrogen-bond acceptors (Lipinski definition) is 2. The lowest BCUT2D eigenvalue weighted by Gasteiger charge is -2.19. The second-order valence-corrected chi connectivity index (χ2v) is 5.67. The summed E-state index contributed by atoms with van der Waals surface area (Å²) in [5, 5.41) is 0.634. The SMILES string of the molecule is CC(C)(C)c1ccc(-c2ccc(C=O)o2)c(Cl)c1. The van der Waals surface area contributed by atoms with Gasteiger partial charge in [-0.15, -0.1) is 0 Å². The van der Waals surface area contributed by atoms with Crippen molar-refractivity contribution in [2.24, 2.45) is 0 Å². The number of rotatable bonds is 2. The van der Waals surface area contributed by atoms with Crippen molar-refractivity contribution in [1.82, 2.24) is 0 Å². The molecule has 0 aliphatic heterocycles. The molecule has 0 aliphatic carbocycles. The fraction of sp³-hybridized carbons (Fsp3) is 0.267. The van der Waals surface area contributed by atoms with Gasteiger partial charge in [0, 0.05) is 5.56 Å². The third-order valence-corrected chi connectivity index (χ3v) is 3.16. The first-order chi connectivity index (χ1) is 8.41. The van der Waals surface area contributed by atoms with Gasteiger partial charge >= 0.3 is 0 Å². The van der Waals surface area contributed by atoms with E-state index in [1.54, 1.807) is 12.1 Å². The van der Waals surface area contributed by atoms with Gasteiger partial charge in [-0.1, -0.05) is 38.4 Å². The first-order valence-corrected chi connectivity index (χ1v) is 6.15. The normalized spacial score (nSPS) is 11.6. The van der Waals surface area contributed by atoms with Crippen molar-refractivity contribution in [3.8, 4) is 11.3 Å². The first kappa shape index (κ1) is 12.9. The Labute approximate surface area is 112 Å². The van der Waals surface area contributed by atoms with E-state index < -0.39 is 0 Å². The minimum Gasteiger partial charge on any atom is -0.453 e. The summed E-state index contributed by atoms with van der Waals surface area (Å²) in [6, 6.07) is 9.29. The van der Waals surface area contributed by atoms with E-state index in [0.717, 1.165) is 5.56 Å². The Balaban J connectivity index is 2.44. The van der Waals surface area contributed by atoms with Crippen LogP contribution in [0.3, 0.4) is 0 Å². The van der Waals surface area contributed by atoms with Crippen LogP contribution in [-0.4, -0.2) is 6.29 Å². The molecule has 94 valence electrons. The zero-order valence-electron chi connectivity index (χ0n) is 10.7. The summed E-state index contributed by atoms with van der Waals surface area (Å²) in [6.45, 7) is 6.40. The monoisotopic (exact) mass is 262 g/mol. The fourth-order valence-corrected chi connectivity index (χ4v) is 2.02. The van der Waals surface area contributed by atoms with Crippen LogP contribution in [0.4, 0.5) is 0 Å². The molecule has 2 aromatic rings. The van der Waals surface area contributed by atoms with Crippen LogP contribution in [0.15, 0.2) is 34.7 Å². The maximum absolute atomic E-state index is 10.6. The molecule has 1 heterocycles. The predicted molar refractivity (Wildman–Crippen MR) is 73.2 cm³/mol. The summed E-state index contributed by atoms with van der Waals surface area (Å²) < 4.78 is 5.37. The highest BCUT2D eigenvalue weighted by Crippen LogP contribution is 2.33. The summed E-state index contributed by atoms with van der Waals surface area (Å²) in [5.74, 6) is 0.920. The lowest BCUT2D eigenvalue weighted by atomic mass is 9.86. The molecule has 1 aromatic carbocycles.